The highest BCUT2D eigenvalue weighted by molar-refractivity contribution is 7.92. The summed E-state index contributed by atoms with van der Waals surface area (Å²) >= 11 is 0. The molecule has 0 aliphatic carbocycles. The van der Waals surface area contributed by atoms with Crippen molar-refractivity contribution >= 4 is 21.6 Å². The zero-order valence-electron chi connectivity index (χ0n) is 16.5. The minimum absolute atomic E-state index is 0.0665. The molecule has 0 radical (unpaired) electrons. The normalized spacial score (nSPS) is 16.3. The maximum Gasteiger partial charge on any atom is 0.253 e. The van der Waals surface area contributed by atoms with Crippen molar-refractivity contribution < 1.29 is 13.2 Å². The molecule has 5 nitrogen and oxygen atoms in total. The SMILES string of the molecule is Cc1ccc(CN(C)C(=O)c2ccc3c(c2)CC(C)N3S(C)(=O)=O)c(C)c1. The molecule has 0 saturated heterocycles. The van der Waals surface area contributed by atoms with Crippen molar-refractivity contribution in [3.8, 4) is 0 Å². The molecule has 1 aliphatic rings. The van der Waals surface area contributed by atoms with Crippen molar-refractivity contribution in [2.45, 2.75) is 39.8 Å². The monoisotopic (exact) mass is 386 g/mol. The van der Waals surface area contributed by atoms with E-state index in [-0.39, 0.29) is 11.9 Å². The van der Waals surface area contributed by atoms with Gasteiger partial charge in [-0.2, -0.15) is 0 Å². The van der Waals surface area contributed by atoms with E-state index < -0.39 is 10.0 Å². The molecule has 27 heavy (non-hydrogen) atoms. The molecule has 0 aromatic heterocycles. The number of benzene rings is 2. The maximum atomic E-state index is 12.9. The van der Waals surface area contributed by atoms with E-state index in [9.17, 15) is 13.2 Å². The van der Waals surface area contributed by atoms with Crippen LogP contribution in [0.25, 0.3) is 0 Å². The lowest BCUT2D eigenvalue weighted by Crippen LogP contribution is -2.34. The Morgan fingerprint density at radius 3 is 2.52 bits per heavy atom. The molecule has 1 aliphatic heterocycles. The zero-order chi connectivity index (χ0) is 19.9. The lowest BCUT2D eigenvalue weighted by Gasteiger charge is -2.22. The van der Waals surface area contributed by atoms with Gasteiger partial charge in [-0.1, -0.05) is 23.8 Å². The molecule has 3 rings (SSSR count). The Bertz CT molecular complexity index is 998. The van der Waals surface area contributed by atoms with Crippen molar-refractivity contribution in [3.05, 3.63) is 64.2 Å². The number of hydrogen-bond acceptors (Lipinski definition) is 3. The van der Waals surface area contributed by atoms with Gasteiger partial charge in [-0.25, -0.2) is 8.42 Å². The smallest absolute Gasteiger partial charge is 0.253 e. The van der Waals surface area contributed by atoms with Crippen LogP contribution < -0.4 is 4.31 Å². The summed E-state index contributed by atoms with van der Waals surface area (Å²) in [6.45, 7) is 6.52. The Hall–Kier alpha value is -2.34. The molecule has 0 N–H and O–H groups in total. The quantitative estimate of drug-likeness (QED) is 0.810. The van der Waals surface area contributed by atoms with Crippen LogP contribution in [0, 0.1) is 13.8 Å². The van der Waals surface area contributed by atoms with Gasteiger partial charge in [0.2, 0.25) is 10.0 Å². The summed E-state index contributed by atoms with van der Waals surface area (Å²) in [6.07, 6.45) is 1.83. The standard InChI is InChI=1S/C21H26N2O3S/c1-14-6-7-18(15(2)10-14)13-22(4)21(24)17-8-9-20-19(12-17)11-16(3)23(20)27(5,25)26/h6-10,12,16H,11,13H2,1-5H3. The minimum atomic E-state index is -3.33. The van der Waals surface area contributed by atoms with Gasteiger partial charge in [0.05, 0.1) is 11.9 Å². The molecule has 144 valence electrons. The van der Waals surface area contributed by atoms with E-state index in [1.807, 2.05) is 13.0 Å². The van der Waals surface area contributed by atoms with Crippen molar-refractivity contribution in [3.63, 3.8) is 0 Å². The van der Waals surface area contributed by atoms with Crippen LogP contribution in [0.2, 0.25) is 0 Å². The molecule has 1 unspecified atom stereocenters. The summed E-state index contributed by atoms with van der Waals surface area (Å²) in [5.74, 6) is -0.0665. The van der Waals surface area contributed by atoms with Crippen molar-refractivity contribution in [1.29, 1.82) is 0 Å². The summed E-state index contributed by atoms with van der Waals surface area (Å²) < 4.78 is 25.5. The number of hydrogen-bond donors (Lipinski definition) is 0. The highest BCUT2D eigenvalue weighted by Crippen LogP contribution is 2.35. The lowest BCUT2D eigenvalue weighted by molar-refractivity contribution is 0.0785. The first-order valence-corrected chi connectivity index (χ1v) is 10.9. The molecule has 1 atom stereocenters. The van der Waals surface area contributed by atoms with E-state index >= 15 is 0 Å². The molecule has 0 bridgehead atoms. The van der Waals surface area contributed by atoms with Crippen molar-refractivity contribution in [2.75, 3.05) is 17.6 Å². The second kappa shape index (κ2) is 7.00. The highest BCUT2D eigenvalue weighted by Gasteiger charge is 2.33. The van der Waals surface area contributed by atoms with Gasteiger partial charge in [0, 0.05) is 25.2 Å². The number of sulfonamides is 1. The fraction of sp³-hybridized carbons (Fsp3) is 0.381. The Balaban J connectivity index is 1.83. The highest BCUT2D eigenvalue weighted by atomic mass is 32.2. The van der Waals surface area contributed by atoms with E-state index in [0.717, 1.165) is 11.1 Å². The van der Waals surface area contributed by atoms with Gasteiger partial charge in [-0.3, -0.25) is 9.10 Å². The van der Waals surface area contributed by atoms with Gasteiger partial charge >= 0.3 is 0 Å². The van der Waals surface area contributed by atoms with E-state index in [2.05, 4.69) is 32.0 Å². The topological polar surface area (TPSA) is 57.7 Å². The lowest BCUT2D eigenvalue weighted by atomic mass is 10.0. The van der Waals surface area contributed by atoms with Gasteiger partial charge in [-0.05, 0) is 62.1 Å². The summed E-state index contributed by atoms with van der Waals surface area (Å²) in [7, 11) is -1.53. The Kier molecular flexibility index (Phi) is 5.04. The molecule has 0 spiro atoms. The summed E-state index contributed by atoms with van der Waals surface area (Å²) in [6, 6.07) is 11.4. The van der Waals surface area contributed by atoms with Gasteiger partial charge < -0.3 is 4.90 Å². The Labute approximate surface area is 161 Å². The Morgan fingerprint density at radius 1 is 1.19 bits per heavy atom. The zero-order valence-corrected chi connectivity index (χ0v) is 17.3. The van der Waals surface area contributed by atoms with Crippen LogP contribution in [-0.2, 0) is 23.0 Å². The van der Waals surface area contributed by atoms with Crippen LogP contribution in [0.15, 0.2) is 36.4 Å². The number of rotatable bonds is 4. The third-order valence-corrected chi connectivity index (χ3v) is 6.36. The molecule has 0 fully saturated rings. The van der Waals surface area contributed by atoms with Crippen molar-refractivity contribution in [1.82, 2.24) is 4.90 Å². The van der Waals surface area contributed by atoms with Gasteiger partial charge in [0.25, 0.3) is 5.91 Å². The van der Waals surface area contributed by atoms with E-state index in [0.29, 0.717) is 24.2 Å². The van der Waals surface area contributed by atoms with Crippen LogP contribution in [0.5, 0.6) is 0 Å². The second-order valence-electron chi connectivity index (χ2n) is 7.55. The summed E-state index contributed by atoms with van der Waals surface area (Å²) in [4.78, 5) is 14.6. The Morgan fingerprint density at radius 2 is 1.89 bits per heavy atom. The van der Waals surface area contributed by atoms with Crippen LogP contribution in [0.4, 0.5) is 5.69 Å². The fourth-order valence-electron chi connectivity index (χ4n) is 3.81. The number of fused-ring (bicyclic) bond motifs is 1. The number of amides is 1. The number of carbonyl (C=O) groups excluding carboxylic acids is 1. The first-order valence-electron chi connectivity index (χ1n) is 9.02. The molecule has 0 saturated carbocycles. The average Bonchev–Trinajstić information content (AvgIpc) is 2.91. The van der Waals surface area contributed by atoms with Gasteiger partial charge in [-0.15, -0.1) is 0 Å². The third kappa shape index (κ3) is 3.86. The first-order chi connectivity index (χ1) is 12.6. The predicted molar refractivity (Wildman–Crippen MR) is 109 cm³/mol. The maximum absolute atomic E-state index is 12.9. The predicted octanol–water partition coefficient (Wildman–Crippen LogP) is 3.29. The van der Waals surface area contributed by atoms with Gasteiger partial charge in [0.15, 0.2) is 0 Å². The molecule has 1 heterocycles. The first kappa shape index (κ1) is 19.4. The van der Waals surface area contributed by atoms with E-state index in [4.69, 9.17) is 0 Å². The van der Waals surface area contributed by atoms with Crippen LogP contribution in [-0.4, -0.2) is 38.6 Å². The number of anilines is 1. The molecule has 2 aromatic carbocycles. The molecular formula is C21H26N2O3S. The summed E-state index contributed by atoms with van der Waals surface area (Å²) in [5.41, 5.74) is 5.66. The van der Waals surface area contributed by atoms with Gasteiger partial charge in [0.1, 0.15) is 0 Å². The molecular weight excluding hydrogens is 360 g/mol. The van der Waals surface area contributed by atoms with Crippen LogP contribution >= 0.6 is 0 Å². The minimum Gasteiger partial charge on any atom is -0.337 e. The number of nitrogens with zero attached hydrogens (tertiary/aromatic N) is 2. The summed E-state index contributed by atoms with van der Waals surface area (Å²) in [5, 5.41) is 0. The van der Waals surface area contributed by atoms with E-state index in [1.165, 1.54) is 21.7 Å². The molecule has 1 amide bonds. The largest absolute Gasteiger partial charge is 0.337 e. The average molecular weight is 387 g/mol. The van der Waals surface area contributed by atoms with Crippen molar-refractivity contribution in [2.24, 2.45) is 0 Å². The van der Waals surface area contributed by atoms with Crippen LogP contribution in [0.3, 0.4) is 0 Å². The second-order valence-corrected chi connectivity index (χ2v) is 9.41. The van der Waals surface area contributed by atoms with Crippen LogP contribution in [0.1, 0.15) is 39.5 Å². The third-order valence-electron chi connectivity index (χ3n) is 5.09. The molecule has 6 heteroatoms. The number of aryl methyl sites for hydroxylation is 2. The van der Waals surface area contributed by atoms with E-state index in [1.54, 1.807) is 24.1 Å². The number of carbonyl (C=O) groups is 1. The fourth-order valence-corrected chi connectivity index (χ4v) is 5.08. The molecule has 2 aromatic rings.